The number of aliphatic hydroxyl groups is 1. The van der Waals surface area contributed by atoms with E-state index in [2.05, 4.69) is 42.1 Å². The number of rotatable bonds is 3. The van der Waals surface area contributed by atoms with Crippen LogP contribution in [0.25, 0.3) is 0 Å². The second kappa shape index (κ2) is 4.85. The Hall–Kier alpha value is -1.06. The molecule has 0 bridgehead atoms. The summed E-state index contributed by atoms with van der Waals surface area (Å²) in [7, 11) is 4.13. The molecule has 0 aliphatic carbocycles. The van der Waals surface area contributed by atoms with Gasteiger partial charge in [-0.15, -0.1) is 0 Å². The number of nitrogens with zero attached hydrogens (tertiary/aromatic N) is 2. The van der Waals surface area contributed by atoms with Gasteiger partial charge in [-0.2, -0.15) is 0 Å². The summed E-state index contributed by atoms with van der Waals surface area (Å²) in [6, 6.07) is 6.68. The summed E-state index contributed by atoms with van der Waals surface area (Å²) in [5.41, 5.74) is 4.12. The van der Waals surface area contributed by atoms with Crippen molar-refractivity contribution in [2.24, 2.45) is 0 Å². The lowest BCUT2D eigenvalue weighted by Gasteiger charge is -2.29. The van der Waals surface area contributed by atoms with Crippen molar-refractivity contribution in [3.05, 3.63) is 29.3 Å². The molecule has 16 heavy (non-hydrogen) atoms. The standard InChI is InChI=1S/C13H20N2O/c1-14(2)13-4-3-11-5-6-15(7-8-16)10-12(11)9-13/h3-4,9,16H,5-8,10H2,1-2H3. The second-order valence-corrected chi connectivity index (χ2v) is 4.60. The highest BCUT2D eigenvalue weighted by Gasteiger charge is 2.15. The third-order valence-corrected chi connectivity index (χ3v) is 3.21. The summed E-state index contributed by atoms with van der Waals surface area (Å²) >= 11 is 0. The lowest BCUT2D eigenvalue weighted by Crippen LogP contribution is -2.32. The van der Waals surface area contributed by atoms with Crippen LogP contribution in [0.15, 0.2) is 18.2 Å². The van der Waals surface area contributed by atoms with Gasteiger partial charge in [-0.25, -0.2) is 0 Å². The monoisotopic (exact) mass is 220 g/mol. The minimum absolute atomic E-state index is 0.253. The molecule has 0 saturated heterocycles. The van der Waals surface area contributed by atoms with E-state index < -0.39 is 0 Å². The van der Waals surface area contributed by atoms with Gasteiger partial charge in [0.25, 0.3) is 0 Å². The molecule has 1 heterocycles. The van der Waals surface area contributed by atoms with Crippen molar-refractivity contribution >= 4 is 5.69 Å². The van der Waals surface area contributed by atoms with Gasteiger partial charge in [-0.1, -0.05) is 6.07 Å². The predicted octanol–water partition coefficient (Wildman–Crippen LogP) is 1.10. The van der Waals surface area contributed by atoms with Gasteiger partial charge in [-0.05, 0) is 29.7 Å². The molecule has 0 fully saturated rings. The molecule has 0 amide bonds. The molecule has 0 atom stereocenters. The molecule has 0 spiro atoms. The summed E-state index contributed by atoms with van der Waals surface area (Å²) in [4.78, 5) is 4.44. The Bertz CT molecular complexity index is 363. The molecule has 0 aromatic heterocycles. The van der Waals surface area contributed by atoms with E-state index >= 15 is 0 Å². The van der Waals surface area contributed by atoms with E-state index in [0.717, 1.165) is 26.1 Å². The highest BCUT2D eigenvalue weighted by molar-refractivity contribution is 5.50. The summed E-state index contributed by atoms with van der Waals surface area (Å²) in [5, 5.41) is 8.96. The van der Waals surface area contributed by atoms with Crippen LogP contribution in [-0.2, 0) is 13.0 Å². The summed E-state index contributed by atoms with van der Waals surface area (Å²) in [6.07, 6.45) is 1.10. The third kappa shape index (κ3) is 2.36. The van der Waals surface area contributed by atoms with E-state index in [1.165, 1.54) is 16.8 Å². The number of hydrogen-bond acceptors (Lipinski definition) is 3. The van der Waals surface area contributed by atoms with E-state index in [9.17, 15) is 0 Å². The van der Waals surface area contributed by atoms with Gasteiger partial charge in [0.2, 0.25) is 0 Å². The fourth-order valence-corrected chi connectivity index (χ4v) is 2.21. The van der Waals surface area contributed by atoms with Crippen LogP contribution < -0.4 is 4.90 Å². The second-order valence-electron chi connectivity index (χ2n) is 4.60. The van der Waals surface area contributed by atoms with Crippen LogP contribution in [0.2, 0.25) is 0 Å². The number of anilines is 1. The Morgan fingerprint density at radius 1 is 1.31 bits per heavy atom. The summed E-state index contributed by atoms with van der Waals surface area (Å²) in [6.45, 7) is 3.07. The van der Waals surface area contributed by atoms with E-state index in [0.29, 0.717) is 0 Å². The van der Waals surface area contributed by atoms with Gasteiger partial charge in [0.15, 0.2) is 0 Å². The highest BCUT2D eigenvalue weighted by Crippen LogP contribution is 2.23. The van der Waals surface area contributed by atoms with Gasteiger partial charge >= 0.3 is 0 Å². The first-order valence-electron chi connectivity index (χ1n) is 5.83. The van der Waals surface area contributed by atoms with E-state index in [-0.39, 0.29) is 6.61 Å². The third-order valence-electron chi connectivity index (χ3n) is 3.21. The lowest BCUT2D eigenvalue weighted by molar-refractivity contribution is 0.184. The van der Waals surface area contributed by atoms with Gasteiger partial charge in [0.05, 0.1) is 6.61 Å². The Labute approximate surface area is 97.3 Å². The maximum Gasteiger partial charge on any atom is 0.0558 e. The number of β-amino-alcohol motifs (C(OH)–C–C–N with tert-alkyl or cyclic N) is 1. The fourth-order valence-electron chi connectivity index (χ4n) is 2.21. The zero-order valence-corrected chi connectivity index (χ0v) is 10.1. The van der Waals surface area contributed by atoms with Gasteiger partial charge in [0.1, 0.15) is 0 Å². The van der Waals surface area contributed by atoms with Gasteiger partial charge in [0, 0.05) is 39.4 Å². The Balaban J connectivity index is 2.18. The van der Waals surface area contributed by atoms with Crippen LogP contribution in [0, 0.1) is 0 Å². The van der Waals surface area contributed by atoms with Crippen molar-refractivity contribution in [3.63, 3.8) is 0 Å². The Kier molecular flexibility index (Phi) is 3.46. The van der Waals surface area contributed by atoms with Gasteiger partial charge < -0.3 is 10.0 Å². The Morgan fingerprint density at radius 2 is 2.12 bits per heavy atom. The normalized spacial score (nSPS) is 15.9. The molecule has 1 aliphatic heterocycles. The van der Waals surface area contributed by atoms with Crippen molar-refractivity contribution in [1.29, 1.82) is 0 Å². The largest absolute Gasteiger partial charge is 0.395 e. The molecule has 3 nitrogen and oxygen atoms in total. The predicted molar refractivity (Wildman–Crippen MR) is 66.8 cm³/mol. The van der Waals surface area contributed by atoms with Crippen LogP contribution in [0.1, 0.15) is 11.1 Å². The highest BCUT2D eigenvalue weighted by atomic mass is 16.3. The first kappa shape index (κ1) is 11.4. The van der Waals surface area contributed by atoms with Crippen molar-refractivity contribution in [3.8, 4) is 0 Å². The molecule has 1 N–H and O–H groups in total. The molecule has 0 radical (unpaired) electrons. The number of aliphatic hydroxyl groups excluding tert-OH is 1. The molecule has 3 heteroatoms. The fraction of sp³-hybridized carbons (Fsp3) is 0.538. The van der Waals surface area contributed by atoms with Gasteiger partial charge in [-0.3, -0.25) is 4.90 Å². The van der Waals surface area contributed by atoms with Crippen LogP contribution in [-0.4, -0.2) is 43.8 Å². The number of fused-ring (bicyclic) bond motifs is 1. The van der Waals surface area contributed by atoms with Crippen LogP contribution >= 0.6 is 0 Å². The van der Waals surface area contributed by atoms with Crippen molar-refractivity contribution in [2.45, 2.75) is 13.0 Å². The van der Waals surface area contributed by atoms with E-state index in [4.69, 9.17) is 5.11 Å². The SMILES string of the molecule is CN(C)c1ccc2c(c1)CN(CCO)CC2. The lowest BCUT2D eigenvalue weighted by atomic mass is 9.99. The molecule has 0 unspecified atom stereocenters. The molecular formula is C13H20N2O. The molecule has 0 saturated carbocycles. The average Bonchev–Trinajstić information content (AvgIpc) is 2.28. The topological polar surface area (TPSA) is 26.7 Å². The smallest absolute Gasteiger partial charge is 0.0558 e. The molecule has 1 aromatic carbocycles. The zero-order valence-electron chi connectivity index (χ0n) is 10.1. The molecule has 88 valence electrons. The minimum Gasteiger partial charge on any atom is -0.395 e. The summed E-state index contributed by atoms with van der Waals surface area (Å²) in [5.74, 6) is 0. The first-order valence-corrected chi connectivity index (χ1v) is 5.83. The van der Waals surface area contributed by atoms with Crippen molar-refractivity contribution in [2.75, 3.05) is 38.7 Å². The Morgan fingerprint density at radius 3 is 2.81 bits per heavy atom. The quantitative estimate of drug-likeness (QED) is 0.826. The maximum atomic E-state index is 8.96. The average molecular weight is 220 g/mol. The summed E-state index contributed by atoms with van der Waals surface area (Å²) < 4.78 is 0. The van der Waals surface area contributed by atoms with E-state index in [1.807, 2.05) is 0 Å². The number of hydrogen-bond donors (Lipinski definition) is 1. The zero-order chi connectivity index (χ0) is 11.5. The minimum atomic E-state index is 0.253. The maximum absolute atomic E-state index is 8.96. The first-order chi connectivity index (χ1) is 7.70. The molecule has 2 rings (SSSR count). The molecule has 1 aromatic rings. The van der Waals surface area contributed by atoms with Crippen LogP contribution in [0.5, 0.6) is 0 Å². The molecule has 1 aliphatic rings. The van der Waals surface area contributed by atoms with Crippen molar-refractivity contribution in [1.82, 2.24) is 4.90 Å². The number of benzene rings is 1. The van der Waals surface area contributed by atoms with E-state index in [1.54, 1.807) is 0 Å². The molecular weight excluding hydrogens is 200 g/mol. The van der Waals surface area contributed by atoms with Crippen molar-refractivity contribution < 1.29 is 5.11 Å². The van der Waals surface area contributed by atoms with Crippen LogP contribution in [0.4, 0.5) is 5.69 Å². The van der Waals surface area contributed by atoms with Crippen LogP contribution in [0.3, 0.4) is 0 Å².